The van der Waals surface area contributed by atoms with Crippen molar-refractivity contribution in [1.29, 1.82) is 0 Å². The molecule has 0 aliphatic rings. The van der Waals surface area contributed by atoms with E-state index >= 15 is 0 Å². The van der Waals surface area contributed by atoms with E-state index in [1.807, 2.05) is 12.3 Å². The number of aryl methyl sites for hydroxylation is 2. The van der Waals surface area contributed by atoms with E-state index in [-0.39, 0.29) is 17.4 Å². The van der Waals surface area contributed by atoms with E-state index in [0.717, 1.165) is 5.01 Å². The lowest BCUT2D eigenvalue weighted by Gasteiger charge is -2.06. The van der Waals surface area contributed by atoms with Gasteiger partial charge in [-0.1, -0.05) is 0 Å². The molecule has 2 aromatic rings. The van der Waals surface area contributed by atoms with Crippen LogP contribution in [-0.2, 0) is 23.6 Å². The Labute approximate surface area is 109 Å². The Morgan fingerprint density at radius 1 is 1.56 bits per heavy atom. The first-order chi connectivity index (χ1) is 8.40. The average Bonchev–Trinajstić information content (AvgIpc) is 2.83. The van der Waals surface area contributed by atoms with Crippen molar-refractivity contribution in [3.05, 3.63) is 22.4 Å². The molecular weight excluding hydrogens is 274 g/mol. The number of anilines is 1. The van der Waals surface area contributed by atoms with Gasteiger partial charge in [-0.25, -0.2) is 23.1 Å². The standard InChI is InChI=1S/C9H13N5O2S2/c1-6-13-7(4-17-6)3-12-18(15,16)9-8(10)11-5-14(9)2/h4-5,12H,3,10H2,1-2H3. The zero-order chi connectivity index (χ0) is 13.3. The topological polar surface area (TPSA) is 103 Å². The number of thiazole rings is 1. The maximum Gasteiger partial charge on any atom is 0.260 e. The molecule has 0 aromatic carbocycles. The minimum Gasteiger partial charge on any atom is -0.381 e. The number of hydrogen-bond donors (Lipinski definition) is 2. The molecule has 3 N–H and O–H groups in total. The summed E-state index contributed by atoms with van der Waals surface area (Å²) in [7, 11) is -2.10. The van der Waals surface area contributed by atoms with Crippen LogP contribution in [-0.4, -0.2) is 23.0 Å². The van der Waals surface area contributed by atoms with Gasteiger partial charge in [-0.3, -0.25) is 0 Å². The summed E-state index contributed by atoms with van der Waals surface area (Å²) in [4.78, 5) is 7.93. The normalized spacial score (nSPS) is 11.9. The van der Waals surface area contributed by atoms with Gasteiger partial charge in [0.05, 0.1) is 23.6 Å². The van der Waals surface area contributed by atoms with E-state index in [4.69, 9.17) is 5.73 Å². The van der Waals surface area contributed by atoms with Crippen LogP contribution < -0.4 is 10.5 Å². The lowest BCUT2D eigenvalue weighted by molar-refractivity contribution is 0.571. The van der Waals surface area contributed by atoms with Crippen molar-refractivity contribution >= 4 is 27.2 Å². The monoisotopic (exact) mass is 287 g/mol. The summed E-state index contributed by atoms with van der Waals surface area (Å²) < 4.78 is 27.9. The number of nitrogens with one attached hydrogen (secondary N) is 1. The number of aromatic nitrogens is 3. The van der Waals surface area contributed by atoms with Crippen LogP contribution in [0.3, 0.4) is 0 Å². The van der Waals surface area contributed by atoms with Crippen LogP contribution in [0.15, 0.2) is 16.7 Å². The molecule has 0 spiro atoms. The van der Waals surface area contributed by atoms with E-state index in [0.29, 0.717) is 5.69 Å². The Kier molecular flexibility index (Phi) is 3.37. The maximum absolute atomic E-state index is 12.0. The smallest absolute Gasteiger partial charge is 0.260 e. The van der Waals surface area contributed by atoms with Gasteiger partial charge in [-0.15, -0.1) is 11.3 Å². The van der Waals surface area contributed by atoms with Crippen molar-refractivity contribution in [2.45, 2.75) is 18.5 Å². The molecule has 0 aliphatic heterocycles. The van der Waals surface area contributed by atoms with Gasteiger partial charge >= 0.3 is 0 Å². The fraction of sp³-hybridized carbons (Fsp3) is 0.333. The average molecular weight is 287 g/mol. The van der Waals surface area contributed by atoms with Gasteiger partial charge in [-0.2, -0.15) is 0 Å². The fourth-order valence-electron chi connectivity index (χ4n) is 1.49. The second kappa shape index (κ2) is 4.67. The summed E-state index contributed by atoms with van der Waals surface area (Å²) >= 11 is 1.47. The van der Waals surface area contributed by atoms with E-state index in [1.54, 1.807) is 7.05 Å². The van der Waals surface area contributed by atoms with Gasteiger partial charge < -0.3 is 10.3 Å². The van der Waals surface area contributed by atoms with E-state index in [1.165, 1.54) is 22.2 Å². The van der Waals surface area contributed by atoms with E-state index in [9.17, 15) is 8.42 Å². The molecule has 0 amide bonds. The van der Waals surface area contributed by atoms with Crippen LogP contribution in [0, 0.1) is 6.92 Å². The largest absolute Gasteiger partial charge is 0.381 e. The number of imidazole rings is 1. The number of rotatable bonds is 4. The third kappa shape index (κ3) is 2.52. The molecule has 18 heavy (non-hydrogen) atoms. The number of nitrogen functional groups attached to an aromatic ring is 1. The molecule has 2 heterocycles. The molecule has 0 atom stereocenters. The zero-order valence-electron chi connectivity index (χ0n) is 9.91. The number of hydrogen-bond acceptors (Lipinski definition) is 6. The Bertz CT molecular complexity index is 639. The Hall–Kier alpha value is -1.45. The van der Waals surface area contributed by atoms with Crippen molar-refractivity contribution in [1.82, 2.24) is 19.3 Å². The summed E-state index contributed by atoms with van der Waals surface area (Å²) in [6, 6.07) is 0. The Balaban J connectivity index is 2.18. The van der Waals surface area contributed by atoms with Crippen molar-refractivity contribution in [2.24, 2.45) is 7.05 Å². The SMILES string of the molecule is Cc1nc(CNS(=O)(=O)c2c(N)ncn2C)cs1. The highest BCUT2D eigenvalue weighted by atomic mass is 32.2. The Morgan fingerprint density at radius 2 is 2.28 bits per heavy atom. The molecule has 0 fully saturated rings. The molecule has 2 aromatic heterocycles. The summed E-state index contributed by atoms with van der Waals surface area (Å²) in [6.45, 7) is 2.00. The summed E-state index contributed by atoms with van der Waals surface area (Å²) in [5, 5.41) is 2.67. The molecule has 0 aliphatic carbocycles. The first kappa shape index (κ1) is 13.0. The van der Waals surface area contributed by atoms with Crippen LogP contribution in [0.2, 0.25) is 0 Å². The van der Waals surface area contributed by atoms with Crippen LogP contribution in [0.25, 0.3) is 0 Å². The number of nitrogens with two attached hydrogens (primary N) is 1. The van der Waals surface area contributed by atoms with Gasteiger partial charge in [0.2, 0.25) is 0 Å². The first-order valence-corrected chi connectivity index (χ1v) is 7.44. The minimum atomic E-state index is -3.68. The summed E-state index contributed by atoms with van der Waals surface area (Å²) in [5.74, 6) is -0.0144. The highest BCUT2D eigenvalue weighted by Gasteiger charge is 2.22. The minimum absolute atomic E-state index is 0.0144. The van der Waals surface area contributed by atoms with Gasteiger partial charge in [0.15, 0.2) is 10.8 Å². The van der Waals surface area contributed by atoms with E-state index < -0.39 is 10.0 Å². The van der Waals surface area contributed by atoms with Crippen LogP contribution in [0.1, 0.15) is 10.7 Å². The number of nitrogens with zero attached hydrogens (tertiary/aromatic N) is 3. The van der Waals surface area contributed by atoms with Crippen molar-refractivity contribution in [2.75, 3.05) is 5.73 Å². The second-order valence-electron chi connectivity index (χ2n) is 3.73. The number of sulfonamides is 1. The molecular formula is C9H13N5O2S2. The van der Waals surface area contributed by atoms with Gasteiger partial charge in [-0.05, 0) is 6.92 Å². The predicted octanol–water partition coefficient (Wildman–Crippen LogP) is 0.246. The zero-order valence-corrected chi connectivity index (χ0v) is 11.5. The molecule has 0 bridgehead atoms. The third-order valence-corrected chi connectivity index (χ3v) is 4.63. The molecule has 2 rings (SSSR count). The second-order valence-corrected chi connectivity index (χ2v) is 6.47. The fourth-order valence-corrected chi connectivity index (χ4v) is 3.33. The van der Waals surface area contributed by atoms with Crippen LogP contribution in [0.5, 0.6) is 0 Å². The lowest BCUT2D eigenvalue weighted by atomic mass is 10.5. The van der Waals surface area contributed by atoms with Gasteiger partial charge in [0.25, 0.3) is 10.0 Å². The van der Waals surface area contributed by atoms with Crippen molar-refractivity contribution in [3.63, 3.8) is 0 Å². The molecule has 0 unspecified atom stereocenters. The molecule has 0 saturated heterocycles. The Morgan fingerprint density at radius 3 is 2.78 bits per heavy atom. The molecule has 0 saturated carbocycles. The highest BCUT2D eigenvalue weighted by Crippen LogP contribution is 2.16. The first-order valence-electron chi connectivity index (χ1n) is 5.07. The third-order valence-electron chi connectivity index (χ3n) is 2.27. The summed E-state index contributed by atoms with van der Waals surface area (Å²) in [5.41, 5.74) is 6.22. The predicted molar refractivity (Wildman–Crippen MR) is 68.5 cm³/mol. The molecule has 7 nitrogen and oxygen atoms in total. The molecule has 98 valence electrons. The van der Waals surface area contributed by atoms with Crippen LogP contribution >= 0.6 is 11.3 Å². The van der Waals surface area contributed by atoms with Gasteiger partial charge in [0, 0.05) is 12.4 Å². The lowest BCUT2D eigenvalue weighted by Crippen LogP contribution is -2.26. The van der Waals surface area contributed by atoms with Crippen molar-refractivity contribution < 1.29 is 8.42 Å². The van der Waals surface area contributed by atoms with Crippen LogP contribution in [0.4, 0.5) is 5.82 Å². The van der Waals surface area contributed by atoms with Gasteiger partial charge in [0.1, 0.15) is 0 Å². The highest BCUT2D eigenvalue weighted by molar-refractivity contribution is 7.89. The maximum atomic E-state index is 12.0. The van der Waals surface area contributed by atoms with E-state index in [2.05, 4.69) is 14.7 Å². The molecule has 0 radical (unpaired) electrons. The van der Waals surface area contributed by atoms with Crippen molar-refractivity contribution in [3.8, 4) is 0 Å². The summed E-state index contributed by atoms with van der Waals surface area (Å²) in [6.07, 6.45) is 1.36. The quantitative estimate of drug-likeness (QED) is 0.839. The molecule has 9 heteroatoms.